The third-order valence-corrected chi connectivity index (χ3v) is 6.77. The maximum Gasteiger partial charge on any atom is 0.248 e. The lowest BCUT2D eigenvalue weighted by molar-refractivity contribution is 0.1000. The quantitative estimate of drug-likeness (QED) is 0.790. The standard InChI is InChI=1S/C14H20N2O4S2/c15-14(18)11-3-5-13(6-4-11)22(19,20)16(7-8-17)12-2-1-9-21-10-12/h3-6,12,17H,1-2,7-10H2,(H2,15,18)/t12-/m1/s1. The van der Waals surface area contributed by atoms with E-state index >= 15 is 0 Å². The van der Waals surface area contributed by atoms with Gasteiger partial charge in [0, 0.05) is 23.9 Å². The van der Waals surface area contributed by atoms with E-state index in [9.17, 15) is 18.3 Å². The van der Waals surface area contributed by atoms with E-state index in [2.05, 4.69) is 0 Å². The van der Waals surface area contributed by atoms with Gasteiger partial charge in [-0.1, -0.05) is 0 Å². The number of sulfonamides is 1. The molecular formula is C14H20N2O4S2. The molecule has 1 atom stereocenters. The molecule has 0 spiro atoms. The van der Waals surface area contributed by atoms with Gasteiger partial charge in [0.25, 0.3) is 0 Å². The third kappa shape index (κ3) is 3.81. The van der Waals surface area contributed by atoms with Crippen LogP contribution in [0.1, 0.15) is 23.2 Å². The molecule has 22 heavy (non-hydrogen) atoms. The van der Waals surface area contributed by atoms with Crippen LogP contribution in [0.4, 0.5) is 0 Å². The molecular weight excluding hydrogens is 324 g/mol. The predicted molar refractivity (Wildman–Crippen MR) is 86.3 cm³/mol. The van der Waals surface area contributed by atoms with E-state index in [4.69, 9.17) is 5.73 Å². The van der Waals surface area contributed by atoms with Gasteiger partial charge in [-0.05, 0) is 42.9 Å². The number of carbonyl (C=O) groups excluding carboxylic acids is 1. The summed E-state index contributed by atoms with van der Waals surface area (Å²) in [5.41, 5.74) is 5.43. The molecule has 8 heteroatoms. The number of benzene rings is 1. The normalized spacial score (nSPS) is 19.3. The number of thioether (sulfide) groups is 1. The fraction of sp³-hybridized carbons (Fsp3) is 0.500. The van der Waals surface area contributed by atoms with Crippen LogP contribution in [-0.2, 0) is 10.0 Å². The zero-order valence-corrected chi connectivity index (χ0v) is 13.8. The lowest BCUT2D eigenvalue weighted by Gasteiger charge is -2.32. The molecule has 1 aliphatic heterocycles. The van der Waals surface area contributed by atoms with Gasteiger partial charge in [0.2, 0.25) is 15.9 Å². The fourth-order valence-corrected chi connectivity index (χ4v) is 5.37. The topological polar surface area (TPSA) is 101 Å². The molecule has 1 heterocycles. The molecule has 3 N–H and O–H groups in total. The van der Waals surface area contributed by atoms with Crippen molar-refractivity contribution in [1.82, 2.24) is 4.31 Å². The van der Waals surface area contributed by atoms with Gasteiger partial charge in [-0.3, -0.25) is 4.79 Å². The van der Waals surface area contributed by atoms with Crippen LogP contribution in [0.3, 0.4) is 0 Å². The van der Waals surface area contributed by atoms with E-state index in [1.807, 2.05) is 0 Å². The van der Waals surface area contributed by atoms with Crippen LogP contribution in [0.15, 0.2) is 29.2 Å². The Kier molecular flexibility index (Phi) is 5.85. The van der Waals surface area contributed by atoms with Crippen LogP contribution in [0.25, 0.3) is 0 Å². The number of aliphatic hydroxyl groups excluding tert-OH is 1. The van der Waals surface area contributed by atoms with E-state index in [-0.39, 0.29) is 29.7 Å². The lowest BCUT2D eigenvalue weighted by atomic mass is 10.2. The van der Waals surface area contributed by atoms with Gasteiger partial charge in [-0.25, -0.2) is 8.42 Å². The Morgan fingerprint density at radius 1 is 1.36 bits per heavy atom. The van der Waals surface area contributed by atoms with Crippen LogP contribution in [-0.4, -0.2) is 54.4 Å². The monoisotopic (exact) mass is 344 g/mol. The number of amides is 1. The molecule has 1 aliphatic rings. The highest BCUT2D eigenvalue weighted by Crippen LogP contribution is 2.26. The first-order chi connectivity index (χ1) is 10.5. The van der Waals surface area contributed by atoms with Crippen LogP contribution in [0, 0.1) is 0 Å². The zero-order valence-electron chi connectivity index (χ0n) is 12.1. The second-order valence-corrected chi connectivity index (χ2v) is 8.14. The minimum atomic E-state index is -3.70. The smallest absolute Gasteiger partial charge is 0.248 e. The van der Waals surface area contributed by atoms with Crippen molar-refractivity contribution < 1.29 is 18.3 Å². The van der Waals surface area contributed by atoms with Crippen LogP contribution in [0.2, 0.25) is 0 Å². The Morgan fingerprint density at radius 3 is 2.55 bits per heavy atom. The summed E-state index contributed by atoms with van der Waals surface area (Å²) in [5.74, 6) is 1.18. The molecule has 0 aromatic heterocycles. The number of aliphatic hydroxyl groups is 1. The molecule has 1 amide bonds. The van der Waals surface area contributed by atoms with Crippen molar-refractivity contribution in [3.63, 3.8) is 0 Å². The Bertz CT molecular complexity index is 610. The number of rotatable bonds is 6. The zero-order chi connectivity index (χ0) is 16.2. The maximum atomic E-state index is 12.8. The molecule has 0 aliphatic carbocycles. The summed E-state index contributed by atoms with van der Waals surface area (Å²) in [6.45, 7) is -0.148. The van der Waals surface area contributed by atoms with Crippen molar-refractivity contribution in [2.75, 3.05) is 24.7 Å². The second kappa shape index (κ2) is 7.45. The highest BCUT2D eigenvalue weighted by molar-refractivity contribution is 7.99. The van der Waals surface area contributed by atoms with Gasteiger partial charge in [-0.2, -0.15) is 16.1 Å². The first kappa shape index (κ1) is 17.3. The number of hydrogen-bond acceptors (Lipinski definition) is 5. The van der Waals surface area contributed by atoms with Crippen molar-refractivity contribution in [1.29, 1.82) is 0 Å². The molecule has 6 nitrogen and oxygen atoms in total. The number of nitrogens with two attached hydrogens (primary N) is 1. The van der Waals surface area contributed by atoms with E-state index in [1.54, 1.807) is 11.8 Å². The Labute approximate surface area is 134 Å². The largest absolute Gasteiger partial charge is 0.395 e. The molecule has 0 radical (unpaired) electrons. The minimum absolute atomic E-state index is 0.0745. The van der Waals surface area contributed by atoms with Crippen molar-refractivity contribution >= 4 is 27.7 Å². The average molecular weight is 344 g/mol. The molecule has 0 unspecified atom stereocenters. The van der Waals surface area contributed by atoms with Crippen molar-refractivity contribution in [3.8, 4) is 0 Å². The molecule has 1 saturated heterocycles. The highest BCUT2D eigenvalue weighted by Gasteiger charge is 2.32. The molecule has 122 valence electrons. The van der Waals surface area contributed by atoms with Gasteiger partial charge in [-0.15, -0.1) is 0 Å². The molecule has 0 bridgehead atoms. The average Bonchev–Trinajstić information content (AvgIpc) is 2.53. The Balaban J connectivity index is 2.29. The molecule has 1 fully saturated rings. The fourth-order valence-electron chi connectivity index (χ4n) is 2.47. The number of hydrogen-bond donors (Lipinski definition) is 2. The summed E-state index contributed by atoms with van der Waals surface area (Å²) >= 11 is 1.73. The van der Waals surface area contributed by atoms with Crippen LogP contribution < -0.4 is 5.73 Å². The van der Waals surface area contributed by atoms with Crippen LogP contribution >= 0.6 is 11.8 Å². The Morgan fingerprint density at radius 2 is 2.05 bits per heavy atom. The summed E-state index contributed by atoms with van der Waals surface area (Å²) < 4.78 is 27.0. The summed E-state index contributed by atoms with van der Waals surface area (Å²) in [6.07, 6.45) is 1.76. The minimum Gasteiger partial charge on any atom is -0.395 e. The molecule has 2 rings (SSSR count). The second-order valence-electron chi connectivity index (χ2n) is 5.10. The predicted octanol–water partition coefficient (Wildman–Crippen LogP) is 0.664. The summed E-state index contributed by atoms with van der Waals surface area (Å²) in [4.78, 5) is 11.2. The Hall–Kier alpha value is -1.09. The summed E-state index contributed by atoms with van der Waals surface area (Å²) in [7, 11) is -3.70. The van der Waals surface area contributed by atoms with Gasteiger partial charge in [0.1, 0.15) is 0 Å². The van der Waals surface area contributed by atoms with E-state index < -0.39 is 15.9 Å². The molecule has 0 saturated carbocycles. The third-order valence-electron chi connectivity index (χ3n) is 3.61. The number of nitrogens with zero attached hydrogens (tertiary/aromatic N) is 1. The highest BCUT2D eigenvalue weighted by atomic mass is 32.2. The number of primary amides is 1. The van der Waals surface area contributed by atoms with E-state index in [0.29, 0.717) is 0 Å². The number of carbonyl (C=O) groups is 1. The van der Waals surface area contributed by atoms with Crippen molar-refractivity contribution in [3.05, 3.63) is 29.8 Å². The van der Waals surface area contributed by atoms with E-state index in [1.165, 1.54) is 28.6 Å². The van der Waals surface area contributed by atoms with Gasteiger partial charge < -0.3 is 10.8 Å². The maximum absolute atomic E-state index is 12.8. The van der Waals surface area contributed by atoms with Gasteiger partial charge in [0.15, 0.2) is 0 Å². The first-order valence-electron chi connectivity index (χ1n) is 7.07. The van der Waals surface area contributed by atoms with Crippen molar-refractivity contribution in [2.45, 2.75) is 23.8 Å². The van der Waals surface area contributed by atoms with Crippen molar-refractivity contribution in [2.24, 2.45) is 5.73 Å². The SMILES string of the molecule is NC(=O)c1ccc(S(=O)(=O)N(CCO)[C@@H]2CCCSC2)cc1. The van der Waals surface area contributed by atoms with Gasteiger partial charge >= 0.3 is 0 Å². The van der Waals surface area contributed by atoms with Crippen LogP contribution in [0.5, 0.6) is 0 Å². The summed E-state index contributed by atoms with van der Waals surface area (Å²) in [5, 5.41) is 9.22. The first-order valence-corrected chi connectivity index (χ1v) is 9.66. The molecule has 1 aromatic rings. The van der Waals surface area contributed by atoms with Gasteiger partial charge in [0.05, 0.1) is 11.5 Å². The van der Waals surface area contributed by atoms with E-state index in [0.717, 1.165) is 24.3 Å². The lowest BCUT2D eigenvalue weighted by Crippen LogP contribution is -2.44. The molecule has 1 aromatic carbocycles. The summed E-state index contributed by atoms with van der Waals surface area (Å²) in [6, 6.07) is 5.47.